The lowest BCUT2D eigenvalue weighted by Crippen LogP contribution is -2.57. The molecule has 5 aromatic rings. The summed E-state index contributed by atoms with van der Waals surface area (Å²) in [6, 6.07) is 21.7. The molecular formula is C43H47N7O7S. The van der Waals surface area contributed by atoms with Gasteiger partial charge in [0.15, 0.2) is 0 Å². The highest BCUT2D eigenvalue weighted by Crippen LogP contribution is 2.47. The van der Waals surface area contributed by atoms with Crippen LogP contribution in [0, 0.1) is 21.4 Å². The molecule has 1 atom stereocenters. The second kappa shape index (κ2) is 15.7. The highest BCUT2D eigenvalue weighted by Gasteiger charge is 2.49. The van der Waals surface area contributed by atoms with Gasteiger partial charge in [0.2, 0.25) is 0 Å². The van der Waals surface area contributed by atoms with E-state index < -0.39 is 31.4 Å². The summed E-state index contributed by atoms with van der Waals surface area (Å²) in [6.45, 7) is 5.55. The number of sulfonamides is 1. The van der Waals surface area contributed by atoms with Crippen molar-refractivity contribution in [1.29, 1.82) is 0 Å². The number of hydrogen-bond acceptors (Lipinski definition) is 11. The van der Waals surface area contributed by atoms with Gasteiger partial charge in [-0.05, 0) is 98.5 Å². The predicted octanol–water partition coefficient (Wildman–Crippen LogP) is 7.20. The van der Waals surface area contributed by atoms with Crippen LogP contribution >= 0.6 is 0 Å². The summed E-state index contributed by atoms with van der Waals surface area (Å²) >= 11 is 0. The van der Waals surface area contributed by atoms with E-state index in [1.165, 1.54) is 48.7 Å². The summed E-state index contributed by atoms with van der Waals surface area (Å²) in [5.41, 5.74) is 4.43. The topological polar surface area (TPSA) is 172 Å². The van der Waals surface area contributed by atoms with E-state index in [1.54, 1.807) is 24.4 Å². The molecule has 3 aromatic carbocycles. The first-order valence-electron chi connectivity index (χ1n) is 20.1. The molecule has 1 aliphatic carbocycles. The molecule has 0 radical (unpaired) electrons. The minimum Gasteiger partial charge on any atom is -0.455 e. The van der Waals surface area contributed by atoms with Gasteiger partial charge >= 0.3 is 0 Å². The molecule has 4 aliphatic rings. The number of benzene rings is 3. The molecule has 1 spiro atoms. The summed E-state index contributed by atoms with van der Waals surface area (Å²) in [5, 5.41) is 16.0. The molecule has 5 heterocycles. The molecule has 3 fully saturated rings. The number of nitrogens with one attached hydrogen (secondary N) is 3. The van der Waals surface area contributed by atoms with Gasteiger partial charge in [-0.3, -0.25) is 19.8 Å². The molecule has 14 nitrogen and oxygen atoms in total. The van der Waals surface area contributed by atoms with Gasteiger partial charge in [-0.25, -0.2) is 18.1 Å². The monoisotopic (exact) mass is 805 g/mol. The minimum atomic E-state index is -4.53. The summed E-state index contributed by atoms with van der Waals surface area (Å²) in [4.78, 5) is 37.3. The Kier molecular flexibility index (Phi) is 10.3. The van der Waals surface area contributed by atoms with E-state index in [0.717, 1.165) is 69.0 Å². The summed E-state index contributed by atoms with van der Waals surface area (Å²) in [5.74, 6) is -0.123. The first-order chi connectivity index (χ1) is 28.1. The molecule has 2 aromatic heterocycles. The normalized spacial score (nSPS) is 19.7. The molecule has 9 rings (SSSR count). The Hall–Kier alpha value is -5.51. The lowest BCUT2D eigenvalue weighted by molar-refractivity contribution is -0.384. The number of nitro groups is 1. The summed E-state index contributed by atoms with van der Waals surface area (Å²) in [7, 11) is -4.53. The van der Waals surface area contributed by atoms with E-state index in [2.05, 4.69) is 54.1 Å². The third kappa shape index (κ3) is 7.73. The highest BCUT2D eigenvalue weighted by atomic mass is 32.2. The fraction of sp³-hybridized carbons (Fsp3) is 0.395. The molecule has 0 bridgehead atoms. The number of carbonyl (C=O) groups is 1. The molecule has 302 valence electrons. The Morgan fingerprint density at radius 1 is 1.02 bits per heavy atom. The molecule has 15 heteroatoms. The first kappa shape index (κ1) is 38.0. The van der Waals surface area contributed by atoms with Crippen molar-refractivity contribution < 1.29 is 27.6 Å². The first-order valence-corrected chi connectivity index (χ1v) is 21.6. The van der Waals surface area contributed by atoms with E-state index in [-0.39, 0.29) is 28.3 Å². The zero-order chi connectivity index (χ0) is 39.9. The average molecular weight is 806 g/mol. The maximum atomic E-state index is 13.9. The fourth-order valence-electron chi connectivity index (χ4n) is 9.22. The van der Waals surface area contributed by atoms with Crippen LogP contribution in [-0.4, -0.2) is 80.1 Å². The largest absolute Gasteiger partial charge is 0.455 e. The highest BCUT2D eigenvalue weighted by molar-refractivity contribution is 7.90. The van der Waals surface area contributed by atoms with Gasteiger partial charge in [-0.1, -0.05) is 30.7 Å². The molecule has 3 N–H and O–H groups in total. The van der Waals surface area contributed by atoms with Gasteiger partial charge in [0, 0.05) is 80.3 Å². The van der Waals surface area contributed by atoms with Crippen LogP contribution in [0.1, 0.15) is 66.1 Å². The van der Waals surface area contributed by atoms with Crippen molar-refractivity contribution in [1.82, 2.24) is 19.6 Å². The lowest BCUT2D eigenvalue weighted by atomic mass is 9.78. The van der Waals surface area contributed by atoms with Crippen LogP contribution in [-0.2, 0) is 21.2 Å². The van der Waals surface area contributed by atoms with Crippen LogP contribution in [0.15, 0.2) is 90.1 Å². The number of hydrogen-bond donors (Lipinski definition) is 3. The zero-order valence-electron chi connectivity index (χ0n) is 32.2. The second-order valence-electron chi connectivity index (χ2n) is 16.2. The molecule has 1 unspecified atom stereocenters. The Balaban J connectivity index is 0.935. The van der Waals surface area contributed by atoms with Crippen LogP contribution in [0.2, 0.25) is 0 Å². The Morgan fingerprint density at radius 3 is 2.71 bits per heavy atom. The number of nitro benzene ring substituents is 1. The van der Waals surface area contributed by atoms with E-state index >= 15 is 0 Å². The maximum absolute atomic E-state index is 13.9. The zero-order valence-corrected chi connectivity index (χ0v) is 33.0. The van der Waals surface area contributed by atoms with Gasteiger partial charge in [0.1, 0.15) is 22.8 Å². The number of aromatic amines is 1. The molecule has 3 saturated heterocycles. The average Bonchev–Trinajstić information content (AvgIpc) is 3.82. The van der Waals surface area contributed by atoms with Crippen LogP contribution in [0.25, 0.3) is 11.0 Å². The number of ether oxygens (including phenoxy) is 2. The number of amides is 1. The van der Waals surface area contributed by atoms with Crippen molar-refractivity contribution in [3.63, 3.8) is 0 Å². The number of aromatic nitrogens is 2. The van der Waals surface area contributed by atoms with E-state index in [4.69, 9.17) is 9.47 Å². The molecule has 0 saturated carbocycles. The summed E-state index contributed by atoms with van der Waals surface area (Å²) < 4.78 is 41.1. The minimum absolute atomic E-state index is 0.0138. The molecule has 58 heavy (non-hydrogen) atoms. The van der Waals surface area contributed by atoms with Crippen LogP contribution in [0.4, 0.5) is 17.1 Å². The third-order valence-electron chi connectivity index (χ3n) is 12.4. The third-order valence-corrected chi connectivity index (χ3v) is 13.7. The Morgan fingerprint density at radius 2 is 1.86 bits per heavy atom. The van der Waals surface area contributed by atoms with E-state index in [0.29, 0.717) is 37.2 Å². The van der Waals surface area contributed by atoms with Crippen molar-refractivity contribution in [2.24, 2.45) is 11.3 Å². The van der Waals surface area contributed by atoms with Crippen molar-refractivity contribution in [2.45, 2.75) is 55.9 Å². The smallest absolute Gasteiger partial charge is 0.293 e. The number of fused-ring (bicyclic) bond motifs is 2. The number of rotatable bonds is 11. The Bertz CT molecular complexity index is 2460. The van der Waals surface area contributed by atoms with Crippen molar-refractivity contribution in [3.8, 4) is 11.5 Å². The SMILES string of the molecule is O=C(NS(=O)(=O)c1ccc(NCC2CCOCC2)c([N+](=O)[O-])c1)c1ccc(N2CC3(CCN(C4CCCCc5ccccc54)C3)C2)cc1Oc1cnc2[nH]ccc2c1. The van der Waals surface area contributed by atoms with Crippen molar-refractivity contribution in [2.75, 3.05) is 56.2 Å². The second-order valence-corrected chi connectivity index (χ2v) is 17.9. The maximum Gasteiger partial charge on any atom is 0.293 e. The number of H-pyrrole nitrogens is 1. The molecular weight excluding hydrogens is 759 g/mol. The van der Waals surface area contributed by atoms with Crippen molar-refractivity contribution >= 4 is 44.0 Å². The fourth-order valence-corrected chi connectivity index (χ4v) is 10.2. The van der Waals surface area contributed by atoms with Crippen molar-refractivity contribution in [3.05, 3.63) is 112 Å². The quantitative estimate of drug-likeness (QED) is 0.0701. The van der Waals surface area contributed by atoms with E-state index in [1.807, 2.05) is 12.1 Å². The molecule has 1 amide bonds. The van der Waals surface area contributed by atoms with Crippen LogP contribution < -0.4 is 19.7 Å². The number of aryl methyl sites for hydroxylation is 1. The Labute approximate surface area is 337 Å². The number of anilines is 2. The number of nitrogens with zero attached hydrogens (tertiary/aromatic N) is 4. The predicted molar refractivity (Wildman–Crippen MR) is 220 cm³/mol. The van der Waals surface area contributed by atoms with E-state index in [9.17, 15) is 23.3 Å². The molecule has 3 aliphatic heterocycles. The summed E-state index contributed by atoms with van der Waals surface area (Å²) in [6.07, 6.45) is 10.9. The number of carbonyl (C=O) groups excluding carboxylic acids is 1. The number of pyridine rings is 1. The van der Waals surface area contributed by atoms with Gasteiger partial charge in [0.05, 0.1) is 21.6 Å². The standard InChI is InChI=1S/C43H47N7O7S/c51-42(47-58(54,55)34-10-12-37(39(23-34)50(52)53)45-24-29-14-19-56-20-15-29)36-11-9-32(22-40(36)57-33-21-31-13-17-44-41(31)46-25-33)49-27-43(28-49)16-18-48(26-43)38-8-4-2-6-30-5-1-3-7-35(30)38/h1,3,5,7,9-13,17,21-23,25,29,38,45H,2,4,6,8,14-16,18-20,24,26-28H2,(H,44,46)(H,47,51). The van der Waals surface area contributed by atoms with Crippen LogP contribution in [0.5, 0.6) is 11.5 Å². The van der Waals surface area contributed by atoms with Gasteiger partial charge in [-0.15, -0.1) is 0 Å². The lowest BCUT2D eigenvalue weighted by Gasteiger charge is -2.50. The van der Waals surface area contributed by atoms with Gasteiger partial charge in [-0.2, -0.15) is 0 Å². The van der Waals surface area contributed by atoms with Crippen LogP contribution in [0.3, 0.4) is 0 Å². The van der Waals surface area contributed by atoms with Gasteiger partial charge < -0.3 is 24.7 Å². The number of likely N-dealkylation sites (tertiary alicyclic amines) is 1. The van der Waals surface area contributed by atoms with Gasteiger partial charge in [0.25, 0.3) is 21.6 Å².